The molecule has 1 aromatic carbocycles. The molecule has 7 nitrogen and oxygen atoms in total. The first-order chi connectivity index (χ1) is 13.8. The lowest BCUT2D eigenvalue weighted by Gasteiger charge is -2.11. The standard InChI is InChI=1S/C21H24N4O3S/c1-6-16-22-13(3)18-12(2)19(29-21(18)24-16)20(27)23-14-7-9-15(10-8-14)28-11-17(26)25(4)5/h7-10H,6,11H2,1-5H3,(H,23,27). The highest BCUT2D eigenvalue weighted by Gasteiger charge is 2.19. The summed E-state index contributed by atoms with van der Waals surface area (Å²) in [6.45, 7) is 5.86. The summed E-state index contributed by atoms with van der Waals surface area (Å²) < 4.78 is 5.45. The molecule has 0 unspecified atom stereocenters. The Hall–Kier alpha value is -3.00. The minimum absolute atomic E-state index is 0.0280. The number of nitrogens with zero attached hydrogens (tertiary/aromatic N) is 3. The fourth-order valence-corrected chi connectivity index (χ4v) is 4.01. The Balaban J connectivity index is 1.74. The van der Waals surface area contributed by atoms with Gasteiger partial charge in [0.05, 0.1) is 4.88 Å². The van der Waals surface area contributed by atoms with E-state index in [0.717, 1.165) is 33.7 Å². The maximum atomic E-state index is 12.8. The van der Waals surface area contributed by atoms with Crippen molar-refractivity contribution in [3.05, 3.63) is 46.2 Å². The van der Waals surface area contributed by atoms with Gasteiger partial charge in [-0.2, -0.15) is 0 Å². The molecule has 8 heteroatoms. The van der Waals surface area contributed by atoms with Gasteiger partial charge in [-0.15, -0.1) is 11.3 Å². The van der Waals surface area contributed by atoms with Crippen LogP contribution >= 0.6 is 11.3 Å². The zero-order valence-electron chi connectivity index (χ0n) is 17.2. The number of carbonyl (C=O) groups is 2. The number of ether oxygens (including phenoxy) is 1. The summed E-state index contributed by atoms with van der Waals surface area (Å²) in [7, 11) is 3.35. The molecule has 0 spiro atoms. The third kappa shape index (κ3) is 4.54. The van der Waals surface area contributed by atoms with Crippen LogP contribution in [-0.4, -0.2) is 47.4 Å². The van der Waals surface area contributed by atoms with Crippen LogP contribution in [0.1, 0.15) is 33.7 Å². The van der Waals surface area contributed by atoms with Crippen LogP contribution in [0.4, 0.5) is 5.69 Å². The predicted molar refractivity (Wildman–Crippen MR) is 115 cm³/mol. The minimum Gasteiger partial charge on any atom is -0.484 e. The van der Waals surface area contributed by atoms with E-state index in [-0.39, 0.29) is 18.4 Å². The number of anilines is 1. The summed E-state index contributed by atoms with van der Waals surface area (Å²) in [4.78, 5) is 36.4. The number of fused-ring (bicyclic) bond motifs is 1. The van der Waals surface area contributed by atoms with E-state index in [1.807, 2.05) is 20.8 Å². The average molecular weight is 413 g/mol. The highest BCUT2D eigenvalue weighted by molar-refractivity contribution is 7.20. The number of thiophene rings is 1. The summed E-state index contributed by atoms with van der Waals surface area (Å²) in [5.41, 5.74) is 2.44. The van der Waals surface area contributed by atoms with Crippen LogP contribution in [0.25, 0.3) is 10.2 Å². The van der Waals surface area contributed by atoms with Crippen molar-refractivity contribution in [1.29, 1.82) is 0 Å². The summed E-state index contributed by atoms with van der Waals surface area (Å²) in [5.74, 6) is 1.05. The second-order valence-corrected chi connectivity index (χ2v) is 7.87. The first kappa shape index (κ1) is 20.7. The summed E-state index contributed by atoms with van der Waals surface area (Å²) in [6, 6.07) is 6.94. The maximum absolute atomic E-state index is 12.8. The lowest BCUT2D eigenvalue weighted by atomic mass is 10.1. The van der Waals surface area contributed by atoms with E-state index in [9.17, 15) is 9.59 Å². The van der Waals surface area contributed by atoms with Gasteiger partial charge in [0, 0.05) is 37.3 Å². The van der Waals surface area contributed by atoms with Crippen molar-refractivity contribution in [2.45, 2.75) is 27.2 Å². The smallest absolute Gasteiger partial charge is 0.266 e. The highest BCUT2D eigenvalue weighted by Crippen LogP contribution is 2.32. The number of nitrogens with one attached hydrogen (secondary N) is 1. The van der Waals surface area contributed by atoms with Gasteiger partial charge in [0.2, 0.25) is 0 Å². The van der Waals surface area contributed by atoms with Crippen molar-refractivity contribution < 1.29 is 14.3 Å². The molecule has 0 atom stereocenters. The molecule has 2 amide bonds. The van der Waals surface area contributed by atoms with Crippen LogP contribution in [0.5, 0.6) is 5.75 Å². The molecular weight excluding hydrogens is 388 g/mol. The maximum Gasteiger partial charge on any atom is 0.266 e. The van der Waals surface area contributed by atoms with Crippen LogP contribution in [0, 0.1) is 13.8 Å². The van der Waals surface area contributed by atoms with Crippen LogP contribution in [0.3, 0.4) is 0 Å². The van der Waals surface area contributed by atoms with Gasteiger partial charge in [-0.05, 0) is 43.7 Å². The van der Waals surface area contributed by atoms with Crippen molar-refractivity contribution in [1.82, 2.24) is 14.9 Å². The van der Waals surface area contributed by atoms with Crippen molar-refractivity contribution in [2.75, 3.05) is 26.0 Å². The van der Waals surface area contributed by atoms with Gasteiger partial charge in [-0.3, -0.25) is 9.59 Å². The minimum atomic E-state index is -0.181. The van der Waals surface area contributed by atoms with E-state index < -0.39 is 0 Å². The molecule has 152 valence electrons. The summed E-state index contributed by atoms with van der Waals surface area (Å²) in [5, 5.41) is 3.86. The van der Waals surface area contributed by atoms with Crippen molar-refractivity contribution in [3.8, 4) is 5.75 Å². The molecule has 0 bridgehead atoms. The zero-order valence-corrected chi connectivity index (χ0v) is 18.0. The van der Waals surface area contributed by atoms with Gasteiger partial charge >= 0.3 is 0 Å². The number of benzene rings is 1. The first-order valence-corrected chi connectivity index (χ1v) is 10.1. The molecular formula is C21H24N4O3S. The quantitative estimate of drug-likeness (QED) is 0.669. The first-order valence-electron chi connectivity index (χ1n) is 9.31. The normalized spacial score (nSPS) is 10.8. The Morgan fingerprint density at radius 1 is 1.14 bits per heavy atom. The van der Waals surface area contributed by atoms with Gasteiger partial charge in [0.15, 0.2) is 6.61 Å². The average Bonchev–Trinajstić information content (AvgIpc) is 3.04. The SMILES string of the molecule is CCc1nc(C)c2c(C)c(C(=O)Nc3ccc(OCC(=O)N(C)C)cc3)sc2n1. The fraction of sp³-hybridized carbons (Fsp3) is 0.333. The molecule has 0 fully saturated rings. The Morgan fingerprint density at radius 3 is 2.45 bits per heavy atom. The Morgan fingerprint density at radius 2 is 1.83 bits per heavy atom. The van der Waals surface area contributed by atoms with E-state index in [0.29, 0.717) is 16.3 Å². The van der Waals surface area contributed by atoms with E-state index in [2.05, 4.69) is 15.3 Å². The van der Waals surface area contributed by atoms with E-state index >= 15 is 0 Å². The van der Waals surface area contributed by atoms with Gasteiger partial charge < -0.3 is 15.0 Å². The summed E-state index contributed by atoms with van der Waals surface area (Å²) >= 11 is 1.38. The van der Waals surface area contributed by atoms with Crippen molar-refractivity contribution in [3.63, 3.8) is 0 Å². The van der Waals surface area contributed by atoms with Gasteiger partial charge in [-0.1, -0.05) is 6.92 Å². The summed E-state index contributed by atoms with van der Waals surface area (Å²) in [6.07, 6.45) is 0.754. The number of amides is 2. The largest absolute Gasteiger partial charge is 0.484 e. The van der Waals surface area contributed by atoms with Crippen LogP contribution in [-0.2, 0) is 11.2 Å². The molecule has 0 aliphatic heterocycles. The Labute approximate surface area is 173 Å². The van der Waals surface area contributed by atoms with E-state index in [1.54, 1.807) is 38.4 Å². The van der Waals surface area contributed by atoms with Crippen molar-refractivity contribution in [2.24, 2.45) is 0 Å². The van der Waals surface area contributed by atoms with Crippen LogP contribution in [0.15, 0.2) is 24.3 Å². The molecule has 0 aliphatic carbocycles. The number of aryl methyl sites for hydroxylation is 3. The molecule has 0 saturated carbocycles. The zero-order chi connectivity index (χ0) is 21.1. The molecule has 0 radical (unpaired) electrons. The molecule has 2 aromatic heterocycles. The number of aromatic nitrogens is 2. The van der Waals surface area contributed by atoms with E-state index in [4.69, 9.17) is 4.74 Å². The molecule has 3 rings (SSSR count). The third-order valence-corrected chi connectivity index (χ3v) is 5.70. The third-order valence-electron chi connectivity index (χ3n) is 4.51. The molecule has 0 saturated heterocycles. The lowest BCUT2D eigenvalue weighted by molar-refractivity contribution is -0.130. The number of hydrogen-bond acceptors (Lipinski definition) is 6. The van der Waals surface area contributed by atoms with Gasteiger partial charge in [-0.25, -0.2) is 9.97 Å². The second kappa shape index (κ2) is 8.57. The van der Waals surface area contributed by atoms with E-state index in [1.165, 1.54) is 16.2 Å². The number of hydrogen-bond donors (Lipinski definition) is 1. The number of rotatable bonds is 6. The topological polar surface area (TPSA) is 84.4 Å². The second-order valence-electron chi connectivity index (χ2n) is 6.87. The molecule has 1 N–H and O–H groups in total. The Kier molecular flexibility index (Phi) is 6.12. The Bertz CT molecular complexity index is 1060. The highest BCUT2D eigenvalue weighted by atomic mass is 32.1. The molecule has 3 aromatic rings. The molecule has 29 heavy (non-hydrogen) atoms. The van der Waals surface area contributed by atoms with Crippen LogP contribution < -0.4 is 10.1 Å². The number of likely N-dealkylation sites (N-methyl/N-ethyl adjacent to an activating group) is 1. The van der Waals surface area contributed by atoms with Crippen LogP contribution in [0.2, 0.25) is 0 Å². The number of carbonyl (C=O) groups excluding carboxylic acids is 2. The monoisotopic (exact) mass is 412 g/mol. The van der Waals surface area contributed by atoms with Gasteiger partial charge in [0.1, 0.15) is 16.4 Å². The van der Waals surface area contributed by atoms with Crippen molar-refractivity contribution >= 4 is 39.1 Å². The molecule has 2 heterocycles. The fourth-order valence-electron chi connectivity index (χ4n) is 2.87. The van der Waals surface area contributed by atoms with Gasteiger partial charge in [0.25, 0.3) is 11.8 Å². The lowest BCUT2D eigenvalue weighted by Crippen LogP contribution is -2.27. The molecule has 0 aliphatic rings. The predicted octanol–water partition coefficient (Wildman–Crippen LogP) is 3.59.